The first-order chi connectivity index (χ1) is 10.9. The zero-order chi connectivity index (χ0) is 14.8. The molecule has 0 atom stereocenters. The van der Waals surface area contributed by atoms with Gasteiger partial charge in [0.25, 0.3) is 0 Å². The monoisotopic (exact) mass is 331 g/mol. The normalized spacial score (nSPS) is 16.5. The number of anilines is 1. The van der Waals surface area contributed by atoms with Crippen LogP contribution in [0.3, 0.4) is 0 Å². The molecule has 7 heteroatoms. The van der Waals surface area contributed by atoms with Gasteiger partial charge >= 0.3 is 0 Å². The van der Waals surface area contributed by atoms with Crippen molar-refractivity contribution < 1.29 is 0 Å². The Kier molecular flexibility index (Phi) is 4.01. The fraction of sp³-hybridized carbons (Fsp3) is 0.400. The van der Waals surface area contributed by atoms with Gasteiger partial charge < -0.3 is 4.90 Å². The minimum absolute atomic E-state index is 1.03. The minimum atomic E-state index is 1.03. The second-order valence-corrected chi connectivity index (χ2v) is 7.01. The summed E-state index contributed by atoms with van der Waals surface area (Å²) < 4.78 is 0. The van der Waals surface area contributed by atoms with Crippen LogP contribution in [0.5, 0.6) is 0 Å². The van der Waals surface area contributed by atoms with Crippen molar-refractivity contribution >= 4 is 38.7 Å². The van der Waals surface area contributed by atoms with Crippen LogP contribution in [0, 0.1) is 0 Å². The maximum Gasteiger partial charge on any atom is 0.140 e. The first-order valence-corrected chi connectivity index (χ1v) is 9.25. The summed E-state index contributed by atoms with van der Waals surface area (Å²) in [4.78, 5) is 19.2. The maximum absolute atomic E-state index is 4.51. The van der Waals surface area contributed by atoms with Gasteiger partial charge in [-0.05, 0) is 11.4 Å². The molecule has 0 radical (unpaired) electrons. The topological polar surface area (TPSA) is 45.2 Å². The van der Waals surface area contributed by atoms with E-state index < -0.39 is 0 Å². The van der Waals surface area contributed by atoms with Crippen LogP contribution in [0.2, 0.25) is 0 Å². The first kappa shape index (κ1) is 14.0. The van der Waals surface area contributed by atoms with E-state index in [1.54, 1.807) is 29.0 Å². The molecule has 1 aliphatic heterocycles. The molecule has 1 aliphatic rings. The Bertz CT molecular complexity index is 731. The van der Waals surface area contributed by atoms with Crippen molar-refractivity contribution in [3.8, 4) is 0 Å². The summed E-state index contributed by atoms with van der Waals surface area (Å²) in [5.74, 6) is 1.09. The highest BCUT2D eigenvalue weighted by Crippen LogP contribution is 2.27. The standard InChI is InChI=1S/C15H17N5S2/c1(12-9-21-11-18-12)3-19-4-6-20(7-5-19)14-13-2-8-22-15(13)17-10-16-14/h2,8-11H,1,3-7H2. The summed E-state index contributed by atoms with van der Waals surface area (Å²) in [5.41, 5.74) is 3.12. The van der Waals surface area contributed by atoms with Gasteiger partial charge in [-0.2, -0.15) is 0 Å². The van der Waals surface area contributed by atoms with Gasteiger partial charge in [-0.15, -0.1) is 22.7 Å². The van der Waals surface area contributed by atoms with E-state index in [9.17, 15) is 0 Å². The fourth-order valence-electron chi connectivity index (χ4n) is 2.85. The van der Waals surface area contributed by atoms with Crippen molar-refractivity contribution in [3.63, 3.8) is 0 Å². The minimum Gasteiger partial charge on any atom is -0.353 e. The predicted octanol–water partition coefficient (Wildman–Crippen LogP) is 2.51. The Balaban J connectivity index is 1.38. The summed E-state index contributed by atoms with van der Waals surface area (Å²) in [6.45, 7) is 5.31. The van der Waals surface area contributed by atoms with Crippen molar-refractivity contribution in [1.82, 2.24) is 19.9 Å². The highest BCUT2D eigenvalue weighted by atomic mass is 32.1. The average Bonchev–Trinajstić information content (AvgIpc) is 3.24. The van der Waals surface area contributed by atoms with Crippen molar-refractivity contribution in [3.05, 3.63) is 34.4 Å². The van der Waals surface area contributed by atoms with Crippen LogP contribution in [0.25, 0.3) is 10.2 Å². The smallest absolute Gasteiger partial charge is 0.140 e. The van der Waals surface area contributed by atoms with Gasteiger partial charge in [0.1, 0.15) is 17.0 Å². The average molecular weight is 331 g/mol. The summed E-state index contributed by atoms with van der Waals surface area (Å²) in [6.07, 6.45) is 2.73. The van der Waals surface area contributed by atoms with Crippen molar-refractivity contribution in [2.75, 3.05) is 37.6 Å². The number of rotatable bonds is 4. The van der Waals surface area contributed by atoms with Gasteiger partial charge in [-0.1, -0.05) is 0 Å². The largest absolute Gasteiger partial charge is 0.353 e. The van der Waals surface area contributed by atoms with E-state index in [1.165, 1.54) is 11.1 Å². The summed E-state index contributed by atoms with van der Waals surface area (Å²) in [5, 5.41) is 5.42. The van der Waals surface area contributed by atoms with Crippen molar-refractivity contribution in [2.24, 2.45) is 0 Å². The molecule has 1 saturated heterocycles. The number of hydrogen-bond donors (Lipinski definition) is 0. The van der Waals surface area contributed by atoms with E-state index in [1.807, 2.05) is 5.51 Å². The molecular weight excluding hydrogens is 314 g/mol. The van der Waals surface area contributed by atoms with Crippen LogP contribution in [0.15, 0.2) is 28.7 Å². The Morgan fingerprint density at radius 3 is 2.82 bits per heavy atom. The fourth-order valence-corrected chi connectivity index (χ4v) is 4.17. The van der Waals surface area contributed by atoms with Gasteiger partial charge in [-0.25, -0.2) is 15.0 Å². The third kappa shape index (κ3) is 2.84. The molecule has 3 aromatic heterocycles. The van der Waals surface area contributed by atoms with Crippen molar-refractivity contribution in [2.45, 2.75) is 6.42 Å². The molecule has 0 unspecified atom stereocenters. The zero-order valence-corrected chi connectivity index (χ0v) is 13.8. The molecular formula is C15H17N5S2. The lowest BCUT2D eigenvalue weighted by Gasteiger charge is -2.35. The van der Waals surface area contributed by atoms with Gasteiger partial charge in [0, 0.05) is 44.5 Å². The molecule has 22 heavy (non-hydrogen) atoms. The van der Waals surface area contributed by atoms with E-state index in [4.69, 9.17) is 0 Å². The quantitative estimate of drug-likeness (QED) is 0.735. The molecule has 1 fully saturated rings. The van der Waals surface area contributed by atoms with Crippen LogP contribution < -0.4 is 4.90 Å². The molecule has 0 spiro atoms. The van der Waals surface area contributed by atoms with Crippen LogP contribution in [0.1, 0.15) is 5.69 Å². The molecule has 4 heterocycles. The van der Waals surface area contributed by atoms with Crippen LogP contribution in [-0.2, 0) is 6.42 Å². The Hall–Kier alpha value is -1.57. The first-order valence-electron chi connectivity index (χ1n) is 7.43. The highest BCUT2D eigenvalue weighted by Gasteiger charge is 2.20. The molecule has 4 rings (SSSR count). The molecule has 0 aliphatic carbocycles. The molecule has 0 amide bonds. The summed E-state index contributed by atoms with van der Waals surface area (Å²) in [6, 6.07) is 2.13. The highest BCUT2D eigenvalue weighted by molar-refractivity contribution is 7.16. The number of piperazine rings is 1. The number of thiophene rings is 1. The molecule has 5 nitrogen and oxygen atoms in total. The van der Waals surface area contributed by atoms with Gasteiger partial charge in [0.15, 0.2) is 0 Å². The lowest BCUT2D eigenvalue weighted by atomic mass is 10.2. The van der Waals surface area contributed by atoms with E-state index in [-0.39, 0.29) is 0 Å². The second-order valence-electron chi connectivity index (χ2n) is 5.40. The predicted molar refractivity (Wildman–Crippen MR) is 91.9 cm³/mol. The lowest BCUT2D eigenvalue weighted by Crippen LogP contribution is -2.47. The molecule has 0 aromatic carbocycles. The number of nitrogens with zero attached hydrogens (tertiary/aromatic N) is 5. The number of thiazole rings is 1. The van der Waals surface area contributed by atoms with Crippen LogP contribution in [0.4, 0.5) is 5.82 Å². The number of hydrogen-bond acceptors (Lipinski definition) is 7. The lowest BCUT2D eigenvalue weighted by molar-refractivity contribution is 0.260. The van der Waals surface area contributed by atoms with Crippen LogP contribution >= 0.6 is 22.7 Å². The Labute approximate surface area is 137 Å². The maximum atomic E-state index is 4.51. The Morgan fingerprint density at radius 2 is 2.00 bits per heavy atom. The summed E-state index contributed by atoms with van der Waals surface area (Å²) >= 11 is 3.35. The molecule has 114 valence electrons. The van der Waals surface area contributed by atoms with E-state index in [0.717, 1.165) is 49.8 Å². The van der Waals surface area contributed by atoms with E-state index in [0.29, 0.717) is 0 Å². The van der Waals surface area contributed by atoms with Gasteiger partial charge in [0.2, 0.25) is 0 Å². The van der Waals surface area contributed by atoms with Crippen molar-refractivity contribution in [1.29, 1.82) is 0 Å². The Morgan fingerprint density at radius 1 is 1.09 bits per heavy atom. The second kappa shape index (κ2) is 6.28. The number of aromatic nitrogens is 3. The molecule has 0 N–H and O–H groups in total. The number of fused-ring (bicyclic) bond motifs is 1. The third-order valence-electron chi connectivity index (χ3n) is 4.08. The SMILES string of the molecule is c1nc(N2CCN(CCc3cscn3)CC2)c2ccsc2n1. The zero-order valence-electron chi connectivity index (χ0n) is 12.2. The van der Waals surface area contributed by atoms with Gasteiger partial charge in [0.05, 0.1) is 16.6 Å². The van der Waals surface area contributed by atoms with E-state index in [2.05, 4.69) is 41.6 Å². The molecule has 0 saturated carbocycles. The van der Waals surface area contributed by atoms with E-state index >= 15 is 0 Å². The van der Waals surface area contributed by atoms with Gasteiger partial charge in [-0.3, -0.25) is 4.90 Å². The third-order valence-corrected chi connectivity index (χ3v) is 5.54. The molecule has 0 bridgehead atoms. The molecule has 3 aromatic rings. The van der Waals surface area contributed by atoms with Crippen LogP contribution in [-0.4, -0.2) is 52.6 Å². The summed E-state index contributed by atoms with van der Waals surface area (Å²) in [7, 11) is 0.